The van der Waals surface area contributed by atoms with E-state index in [0.717, 1.165) is 10.9 Å². The zero-order chi connectivity index (χ0) is 9.10. The zero-order valence-electron chi connectivity index (χ0n) is 7.95. The van der Waals surface area contributed by atoms with E-state index < -0.39 is 0 Å². The smallest absolute Gasteiger partial charge is 0.119 e. The van der Waals surface area contributed by atoms with Crippen molar-refractivity contribution in [2.24, 2.45) is 0 Å². The third-order valence-electron chi connectivity index (χ3n) is 2.61. The molecule has 0 unspecified atom stereocenters. The molecule has 0 spiro atoms. The van der Waals surface area contributed by atoms with Crippen LogP contribution >= 0.6 is 11.3 Å². The van der Waals surface area contributed by atoms with E-state index in [-0.39, 0.29) is 0 Å². The Morgan fingerprint density at radius 2 is 2.31 bits per heavy atom. The largest absolute Gasteiger partial charge is 0.378 e. The molecule has 0 aliphatic heterocycles. The van der Waals surface area contributed by atoms with E-state index in [1.165, 1.54) is 31.4 Å². The van der Waals surface area contributed by atoms with E-state index in [9.17, 15) is 0 Å². The van der Waals surface area contributed by atoms with Crippen molar-refractivity contribution in [2.45, 2.75) is 38.2 Å². The van der Waals surface area contributed by atoms with Crippen LogP contribution < -0.4 is 0 Å². The lowest BCUT2D eigenvalue weighted by Crippen LogP contribution is -1.93. The third kappa shape index (κ3) is 2.09. The average Bonchev–Trinajstić information content (AvgIpc) is 2.70. The standard InChI is InChI=1S/C10H15NOS/c1-12-6-10-11-9(7-13-10)8-4-2-3-5-8/h7-8H,2-6H2,1H3. The van der Waals surface area contributed by atoms with E-state index in [2.05, 4.69) is 10.4 Å². The quantitative estimate of drug-likeness (QED) is 0.743. The molecule has 0 aromatic carbocycles. The summed E-state index contributed by atoms with van der Waals surface area (Å²) in [5, 5.41) is 3.31. The summed E-state index contributed by atoms with van der Waals surface area (Å²) in [6.45, 7) is 0.664. The Labute approximate surface area is 83.0 Å². The van der Waals surface area contributed by atoms with Crippen LogP contribution in [-0.2, 0) is 11.3 Å². The van der Waals surface area contributed by atoms with E-state index in [1.54, 1.807) is 18.4 Å². The van der Waals surface area contributed by atoms with Gasteiger partial charge in [-0.25, -0.2) is 4.98 Å². The van der Waals surface area contributed by atoms with Gasteiger partial charge in [0.05, 0.1) is 12.3 Å². The number of hydrogen-bond donors (Lipinski definition) is 0. The normalized spacial score (nSPS) is 18.2. The summed E-state index contributed by atoms with van der Waals surface area (Å²) in [7, 11) is 1.72. The summed E-state index contributed by atoms with van der Waals surface area (Å²) >= 11 is 1.72. The van der Waals surface area contributed by atoms with Crippen LogP contribution in [0.1, 0.15) is 42.3 Å². The fourth-order valence-electron chi connectivity index (χ4n) is 1.92. The summed E-state index contributed by atoms with van der Waals surface area (Å²) < 4.78 is 5.05. The molecule has 2 nitrogen and oxygen atoms in total. The van der Waals surface area contributed by atoms with Crippen molar-refractivity contribution in [2.75, 3.05) is 7.11 Å². The minimum atomic E-state index is 0.664. The lowest BCUT2D eigenvalue weighted by atomic mass is 10.1. The van der Waals surface area contributed by atoms with Crippen LogP contribution in [0.2, 0.25) is 0 Å². The summed E-state index contributed by atoms with van der Waals surface area (Å²) in [5.74, 6) is 0.738. The number of hydrogen-bond acceptors (Lipinski definition) is 3. The molecule has 13 heavy (non-hydrogen) atoms. The highest BCUT2D eigenvalue weighted by Gasteiger charge is 2.19. The van der Waals surface area contributed by atoms with E-state index in [4.69, 9.17) is 4.74 Å². The Balaban J connectivity index is 2.03. The van der Waals surface area contributed by atoms with Crippen LogP contribution in [0.3, 0.4) is 0 Å². The summed E-state index contributed by atoms with van der Waals surface area (Å²) in [6, 6.07) is 0. The molecule has 0 saturated heterocycles. The molecule has 0 radical (unpaired) electrons. The Kier molecular flexibility index (Phi) is 2.96. The zero-order valence-corrected chi connectivity index (χ0v) is 8.77. The van der Waals surface area contributed by atoms with Gasteiger partial charge in [-0.05, 0) is 12.8 Å². The number of aromatic nitrogens is 1. The first-order valence-electron chi connectivity index (χ1n) is 4.83. The van der Waals surface area contributed by atoms with Crippen LogP contribution in [0.5, 0.6) is 0 Å². The molecule has 1 fully saturated rings. The number of ether oxygens (including phenoxy) is 1. The highest BCUT2D eigenvalue weighted by atomic mass is 32.1. The molecule has 1 aromatic heterocycles. The molecule has 0 N–H and O–H groups in total. The van der Waals surface area contributed by atoms with Crippen molar-refractivity contribution in [1.29, 1.82) is 0 Å². The fraction of sp³-hybridized carbons (Fsp3) is 0.700. The molecular weight excluding hydrogens is 182 g/mol. The van der Waals surface area contributed by atoms with Crippen molar-refractivity contribution in [3.05, 3.63) is 16.1 Å². The van der Waals surface area contributed by atoms with Gasteiger partial charge in [-0.15, -0.1) is 11.3 Å². The predicted octanol–water partition coefficient (Wildman–Crippen LogP) is 2.95. The van der Waals surface area contributed by atoms with E-state index in [0.29, 0.717) is 6.61 Å². The Hall–Kier alpha value is -0.410. The second-order valence-corrected chi connectivity index (χ2v) is 4.52. The maximum Gasteiger partial charge on any atom is 0.119 e. The molecule has 0 atom stereocenters. The lowest BCUT2D eigenvalue weighted by Gasteiger charge is -2.02. The fourth-order valence-corrected chi connectivity index (χ4v) is 2.77. The molecule has 72 valence electrons. The minimum Gasteiger partial charge on any atom is -0.378 e. The monoisotopic (exact) mass is 197 g/mol. The minimum absolute atomic E-state index is 0.664. The molecular formula is C10H15NOS. The number of methoxy groups -OCH3 is 1. The van der Waals surface area contributed by atoms with Gasteiger partial charge in [0.2, 0.25) is 0 Å². The number of nitrogens with zero attached hydrogens (tertiary/aromatic N) is 1. The third-order valence-corrected chi connectivity index (χ3v) is 3.45. The first-order chi connectivity index (χ1) is 6.40. The van der Waals surface area contributed by atoms with E-state index in [1.807, 2.05) is 0 Å². The summed E-state index contributed by atoms with van der Waals surface area (Å²) in [6.07, 6.45) is 5.41. The van der Waals surface area contributed by atoms with Gasteiger partial charge in [-0.2, -0.15) is 0 Å². The topological polar surface area (TPSA) is 22.1 Å². The van der Waals surface area contributed by atoms with Gasteiger partial charge in [0.25, 0.3) is 0 Å². The Morgan fingerprint density at radius 3 is 3.00 bits per heavy atom. The summed E-state index contributed by atoms with van der Waals surface area (Å²) in [4.78, 5) is 4.58. The Bertz CT molecular complexity index is 266. The average molecular weight is 197 g/mol. The lowest BCUT2D eigenvalue weighted by molar-refractivity contribution is 0.184. The van der Waals surface area contributed by atoms with Gasteiger partial charge in [-0.1, -0.05) is 12.8 Å². The summed E-state index contributed by atoms with van der Waals surface area (Å²) in [5.41, 5.74) is 1.30. The first-order valence-corrected chi connectivity index (χ1v) is 5.71. The number of thiazole rings is 1. The van der Waals surface area contributed by atoms with Gasteiger partial charge >= 0.3 is 0 Å². The Morgan fingerprint density at radius 1 is 1.54 bits per heavy atom. The van der Waals surface area contributed by atoms with Gasteiger partial charge in [-0.3, -0.25) is 0 Å². The second-order valence-electron chi connectivity index (χ2n) is 3.58. The van der Waals surface area contributed by atoms with Crippen LogP contribution in [0.4, 0.5) is 0 Å². The molecule has 1 aromatic rings. The first kappa shape index (κ1) is 9.16. The molecule has 1 saturated carbocycles. The van der Waals surface area contributed by atoms with Crippen LogP contribution in [0.15, 0.2) is 5.38 Å². The molecule has 1 aliphatic carbocycles. The molecule has 0 amide bonds. The molecule has 1 aliphatic rings. The van der Waals surface area contributed by atoms with Gasteiger partial charge < -0.3 is 4.74 Å². The number of rotatable bonds is 3. The van der Waals surface area contributed by atoms with Crippen molar-refractivity contribution >= 4 is 11.3 Å². The SMILES string of the molecule is COCc1nc(C2CCCC2)cs1. The highest BCUT2D eigenvalue weighted by Crippen LogP contribution is 2.34. The molecule has 0 bridgehead atoms. The van der Waals surface area contributed by atoms with Crippen LogP contribution in [0.25, 0.3) is 0 Å². The van der Waals surface area contributed by atoms with Crippen molar-refractivity contribution in [3.8, 4) is 0 Å². The van der Waals surface area contributed by atoms with Crippen molar-refractivity contribution in [3.63, 3.8) is 0 Å². The van der Waals surface area contributed by atoms with Gasteiger partial charge in [0.15, 0.2) is 0 Å². The molecule has 1 heterocycles. The van der Waals surface area contributed by atoms with Crippen LogP contribution in [0, 0.1) is 0 Å². The second kappa shape index (κ2) is 4.20. The molecule has 2 rings (SSSR count). The maximum absolute atomic E-state index is 5.05. The molecule has 3 heteroatoms. The van der Waals surface area contributed by atoms with Crippen molar-refractivity contribution < 1.29 is 4.74 Å². The maximum atomic E-state index is 5.05. The van der Waals surface area contributed by atoms with Crippen molar-refractivity contribution in [1.82, 2.24) is 4.98 Å². The van der Waals surface area contributed by atoms with Crippen LogP contribution in [-0.4, -0.2) is 12.1 Å². The highest BCUT2D eigenvalue weighted by molar-refractivity contribution is 7.09. The van der Waals surface area contributed by atoms with Gasteiger partial charge in [0.1, 0.15) is 5.01 Å². The predicted molar refractivity (Wildman–Crippen MR) is 54.0 cm³/mol. The van der Waals surface area contributed by atoms with E-state index >= 15 is 0 Å². The van der Waals surface area contributed by atoms with Gasteiger partial charge in [0, 0.05) is 18.4 Å².